The number of fused-ring (bicyclic) bond motifs is 1. The van der Waals surface area contributed by atoms with Crippen LogP contribution in [0.1, 0.15) is 39.7 Å². The van der Waals surface area contributed by atoms with Crippen molar-refractivity contribution in [3.63, 3.8) is 0 Å². The number of amides is 3. The summed E-state index contributed by atoms with van der Waals surface area (Å²) in [5.74, 6) is -1.58. The van der Waals surface area contributed by atoms with Gasteiger partial charge in [-0.2, -0.15) is 5.10 Å². The summed E-state index contributed by atoms with van der Waals surface area (Å²) in [6.45, 7) is 5.88. The molecule has 3 amide bonds. The molecule has 2 heterocycles. The van der Waals surface area contributed by atoms with Gasteiger partial charge < -0.3 is 19.7 Å². The lowest BCUT2D eigenvalue weighted by Gasteiger charge is -2.30. The highest BCUT2D eigenvalue weighted by molar-refractivity contribution is 6.05. The maximum atomic E-state index is 13.9. The number of rotatable bonds is 12. The summed E-state index contributed by atoms with van der Waals surface area (Å²) in [7, 11) is 0. The zero-order valence-corrected chi connectivity index (χ0v) is 25.1. The Morgan fingerprint density at radius 1 is 1.11 bits per heavy atom. The van der Waals surface area contributed by atoms with E-state index in [0.29, 0.717) is 24.1 Å². The monoisotopic (exact) mass is 631 g/mol. The maximum Gasteiger partial charge on any atom is 0.413 e. The maximum absolute atomic E-state index is 13.9. The number of hydrogen-bond acceptors (Lipinski definition) is 10. The number of carbonyl (C=O) groups is 4. The van der Waals surface area contributed by atoms with Gasteiger partial charge in [0, 0.05) is 61.0 Å². The second-order valence-corrected chi connectivity index (χ2v) is 10.2. The number of nitro groups is 1. The molecule has 3 N–H and O–H groups in total. The molecular formula is C31H33N7O8. The average Bonchev–Trinajstić information content (AvgIpc) is 3.44. The number of hydrogen-bond donors (Lipinski definition) is 3. The number of carbonyl (C=O) groups excluding carboxylic acids is 4. The number of non-ortho nitro benzene ring substituents is 1. The molecular weight excluding hydrogens is 598 g/mol. The molecule has 0 fully saturated rings. The van der Waals surface area contributed by atoms with Crippen molar-refractivity contribution in [3.8, 4) is 0 Å². The van der Waals surface area contributed by atoms with E-state index in [0.717, 1.165) is 11.3 Å². The molecule has 0 radical (unpaired) electrons. The zero-order valence-electron chi connectivity index (χ0n) is 25.1. The number of alkyl carbamates (subject to hydrolysis) is 1. The standard InChI is InChI=1S/C31H33N7O8/c1-3-15-46-31(42)34-28(32)21-7-9-22(10-8-21)29(40)33-26(16-20-5-11-24(12-6-20)38(43)44)30(41)36-14-13-25-23(17-36)18-37(35-25)19-27(39)45-4-2/h3,5-12,18,26H,1,4,13-17,19H2,2H3,(H,33,40)(H2,32,34,42)/t26-/m0/s1. The molecule has 0 bridgehead atoms. The van der Waals surface area contributed by atoms with Gasteiger partial charge in [0.15, 0.2) is 0 Å². The van der Waals surface area contributed by atoms with Crippen molar-refractivity contribution >= 4 is 35.4 Å². The molecule has 0 saturated carbocycles. The molecule has 0 spiro atoms. The fraction of sp³-hybridized carbons (Fsp3) is 0.290. The van der Waals surface area contributed by atoms with E-state index in [2.05, 4.69) is 22.3 Å². The molecule has 1 aromatic heterocycles. The minimum atomic E-state index is -1.02. The van der Waals surface area contributed by atoms with E-state index in [9.17, 15) is 29.3 Å². The van der Waals surface area contributed by atoms with Gasteiger partial charge in [-0.05, 0) is 24.6 Å². The fourth-order valence-electron chi connectivity index (χ4n) is 4.76. The number of amidine groups is 1. The normalized spacial score (nSPS) is 12.7. The summed E-state index contributed by atoms with van der Waals surface area (Å²) in [6, 6.07) is 10.6. The van der Waals surface area contributed by atoms with Crippen molar-refractivity contribution < 1.29 is 33.6 Å². The van der Waals surface area contributed by atoms with E-state index in [1.165, 1.54) is 59.3 Å². The van der Waals surface area contributed by atoms with Gasteiger partial charge in [0.05, 0.1) is 17.2 Å². The summed E-state index contributed by atoms with van der Waals surface area (Å²) in [4.78, 5) is 63.0. The summed E-state index contributed by atoms with van der Waals surface area (Å²) in [6.07, 6.45) is 2.77. The van der Waals surface area contributed by atoms with E-state index in [1.807, 2.05) is 0 Å². The van der Waals surface area contributed by atoms with E-state index >= 15 is 0 Å². The van der Waals surface area contributed by atoms with Gasteiger partial charge in [0.25, 0.3) is 11.6 Å². The Balaban J connectivity index is 1.49. The van der Waals surface area contributed by atoms with Crippen LogP contribution in [0.4, 0.5) is 10.5 Å². The number of ether oxygens (including phenoxy) is 2. The van der Waals surface area contributed by atoms with Crippen LogP contribution in [0.2, 0.25) is 0 Å². The SMILES string of the molecule is C=CCOC(=O)NC(=N)c1ccc(C(=O)N[C@@H](Cc2ccc([N+](=O)[O-])cc2)C(=O)N2CCc3nn(CC(=O)OCC)cc3C2)cc1. The Bertz CT molecular complexity index is 1630. The van der Waals surface area contributed by atoms with Crippen molar-refractivity contribution in [3.05, 3.63) is 105 Å². The Morgan fingerprint density at radius 2 is 1.80 bits per heavy atom. The first-order valence-corrected chi connectivity index (χ1v) is 14.3. The van der Waals surface area contributed by atoms with Crippen LogP contribution in [0.3, 0.4) is 0 Å². The fourth-order valence-corrected chi connectivity index (χ4v) is 4.76. The zero-order chi connectivity index (χ0) is 33.2. The Labute approximate surface area is 263 Å². The largest absolute Gasteiger partial charge is 0.465 e. The van der Waals surface area contributed by atoms with Crippen LogP contribution >= 0.6 is 0 Å². The van der Waals surface area contributed by atoms with Gasteiger partial charge in [-0.1, -0.05) is 36.9 Å². The molecule has 46 heavy (non-hydrogen) atoms. The Hall–Kier alpha value is -5.86. The summed E-state index contributed by atoms with van der Waals surface area (Å²) >= 11 is 0. The van der Waals surface area contributed by atoms with Crippen LogP contribution in [-0.2, 0) is 45.0 Å². The third-order valence-electron chi connectivity index (χ3n) is 7.00. The van der Waals surface area contributed by atoms with Crippen LogP contribution in [0.5, 0.6) is 0 Å². The summed E-state index contributed by atoms with van der Waals surface area (Å²) in [5.41, 5.74) is 2.55. The second-order valence-electron chi connectivity index (χ2n) is 10.2. The first-order valence-electron chi connectivity index (χ1n) is 14.3. The number of nitro benzene ring substituents is 1. The first-order chi connectivity index (χ1) is 22.1. The van der Waals surface area contributed by atoms with Crippen LogP contribution in [0.25, 0.3) is 0 Å². The van der Waals surface area contributed by atoms with E-state index in [-0.39, 0.29) is 55.7 Å². The lowest BCUT2D eigenvalue weighted by Crippen LogP contribution is -2.50. The molecule has 0 aliphatic carbocycles. The molecule has 1 aliphatic heterocycles. The van der Waals surface area contributed by atoms with Crippen molar-refractivity contribution in [2.45, 2.75) is 38.9 Å². The van der Waals surface area contributed by atoms with E-state index in [4.69, 9.17) is 14.9 Å². The van der Waals surface area contributed by atoms with Crippen molar-refractivity contribution in [1.82, 2.24) is 25.3 Å². The molecule has 1 aliphatic rings. The number of nitrogens with zero attached hydrogens (tertiary/aromatic N) is 4. The lowest BCUT2D eigenvalue weighted by molar-refractivity contribution is -0.384. The number of aromatic nitrogens is 2. The lowest BCUT2D eigenvalue weighted by atomic mass is 10.0. The Kier molecular flexibility index (Phi) is 10.9. The van der Waals surface area contributed by atoms with Crippen molar-refractivity contribution in [1.29, 1.82) is 5.41 Å². The van der Waals surface area contributed by atoms with Gasteiger partial charge in [-0.3, -0.25) is 39.9 Å². The number of esters is 1. The highest BCUT2D eigenvalue weighted by Gasteiger charge is 2.30. The van der Waals surface area contributed by atoms with Gasteiger partial charge in [0.1, 0.15) is 25.0 Å². The Morgan fingerprint density at radius 3 is 2.46 bits per heavy atom. The number of nitrogens with one attached hydrogen (secondary N) is 3. The van der Waals surface area contributed by atoms with E-state index < -0.39 is 28.9 Å². The van der Waals surface area contributed by atoms with Gasteiger partial charge in [-0.25, -0.2) is 4.79 Å². The smallest absolute Gasteiger partial charge is 0.413 e. The van der Waals surface area contributed by atoms with Gasteiger partial charge >= 0.3 is 12.1 Å². The molecule has 0 saturated heterocycles. The predicted molar refractivity (Wildman–Crippen MR) is 164 cm³/mol. The minimum absolute atomic E-state index is 0.0182. The van der Waals surface area contributed by atoms with Crippen LogP contribution in [-0.4, -0.2) is 75.1 Å². The summed E-state index contributed by atoms with van der Waals surface area (Å²) in [5, 5.41) is 28.7. The number of benzene rings is 2. The van der Waals surface area contributed by atoms with Gasteiger partial charge in [-0.15, -0.1) is 0 Å². The predicted octanol–water partition coefficient (Wildman–Crippen LogP) is 2.52. The highest BCUT2D eigenvalue weighted by atomic mass is 16.6. The first kappa shape index (κ1) is 33.0. The highest BCUT2D eigenvalue weighted by Crippen LogP contribution is 2.20. The molecule has 15 nitrogen and oxygen atoms in total. The van der Waals surface area contributed by atoms with Crippen LogP contribution in [0, 0.1) is 15.5 Å². The average molecular weight is 632 g/mol. The summed E-state index contributed by atoms with van der Waals surface area (Å²) < 4.78 is 11.3. The molecule has 240 valence electrons. The third kappa shape index (κ3) is 8.62. The molecule has 2 aromatic carbocycles. The van der Waals surface area contributed by atoms with Gasteiger partial charge in [0.2, 0.25) is 5.91 Å². The van der Waals surface area contributed by atoms with Crippen LogP contribution < -0.4 is 10.6 Å². The topological polar surface area (TPSA) is 199 Å². The third-order valence-corrected chi connectivity index (χ3v) is 7.00. The molecule has 4 rings (SSSR count). The molecule has 3 aromatic rings. The molecule has 1 atom stereocenters. The molecule has 15 heteroatoms. The minimum Gasteiger partial charge on any atom is -0.465 e. The van der Waals surface area contributed by atoms with E-state index in [1.54, 1.807) is 18.0 Å². The van der Waals surface area contributed by atoms with Crippen LogP contribution in [0.15, 0.2) is 67.4 Å². The molecule has 0 unspecified atom stereocenters. The van der Waals surface area contributed by atoms with Crippen molar-refractivity contribution in [2.24, 2.45) is 0 Å². The second kappa shape index (κ2) is 15.2. The quantitative estimate of drug-likeness (QED) is 0.0671. The van der Waals surface area contributed by atoms with Crippen molar-refractivity contribution in [2.75, 3.05) is 19.8 Å².